The van der Waals surface area contributed by atoms with Crippen LogP contribution in [0.2, 0.25) is 5.02 Å². The monoisotopic (exact) mass is 400 g/mol. The van der Waals surface area contributed by atoms with E-state index in [-0.39, 0.29) is 23.6 Å². The van der Waals surface area contributed by atoms with Crippen molar-refractivity contribution in [3.63, 3.8) is 0 Å². The van der Waals surface area contributed by atoms with Crippen molar-refractivity contribution < 1.29 is 17.3 Å². The molecule has 0 bridgehead atoms. The van der Waals surface area contributed by atoms with Crippen LogP contribution in [0, 0.1) is 5.92 Å². The Bertz CT molecular complexity index is 954. The quantitative estimate of drug-likeness (QED) is 0.664. The molecule has 1 aromatic carbocycles. The van der Waals surface area contributed by atoms with E-state index in [1.165, 1.54) is 17.9 Å². The fourth-order valence-corrected chi connectivity index (χ4v) is 2.91. The maximum atomic E-state index is 12.6. The van der Waals surface area contributed by atoms with Crippen LogP contribution >= 0.6 is 11.6 Å². The first-order valence-electron chi connectivity index (χ1n) is 7.90. The Morgan fingerprint density at radius 3 is 2.50 bits per heavy atom. The zero-order chi connectivity index (χ0) is 19.5. The first-order chi connectivity index (χ1) is 12.1. The smallest absolute Gasteiger partial charge is 0.272 e. The minimum atomic E-state index is -3.67. The molecule has 0 spiro atoms. The number of halogens is 1. The Kier molecular flexibility index (Phi) is 6.44. The van der Waals surface area contributed by atoms with Gasteiger partial charge in [-0.25, -0.2) is 4.68 Å². The van der Waals surface area contributed by atoms with Crippen molar-refractivity contribution in [1.82, 2.24) is 9.78 Å². The summed E-state index contributed by atoms with van der Waals surface area (Å²) >= 11 is 6.17. The predicted octanol–water partition coefficient (Wildman–Crippen LogP) is 2.70. The molecule has 7 nitrogen and oxygen atoms in total. The highest BCUT2D eigenvalue weighted by molar-refractivity contribution is 7.85. The molecule has 1 aromatic heterocycles. The number of rotatable bonds is 7. The van der Waals surface area contributed by atoms with Gasteiger partial charge in [0.1, 0.15) is 5.75 Å². The molecule has 26 heavy (non-hydrogen) atoms. The van der Waals surface area contributed by atoms with Crippen LogP contribution < -0.4 is 10.3 Å². The molecule has 0 aliphatic heterocycles. The van der Waals surface area contributed by atoms with E-state index in [1.54, 1.807) is 18.2 Å². The van der Waals surface area contributed by atoms with Gasteiger partial charge < -0.3 is 4.74 Å². The highest BCUT2D eigenvalue weighted by Crippen LogP contribution is 2.29. The zero-order valence-electron chi connectivity index (χ0n) is 15.0. The summed E-state index contributed by atoms with van der Waals surface area (Å²) in [7, 11) is -2.16. The number of benzene rings is 1. The SMILES string of the molecule is COc1ccc(-c2cc(COS(C)(=O)=O)c(=O)n(CC(C)C)n2)cc1Cl. The van der Waals surface area contributed by atoms with Gasteiger partial charge in [0.2, 0.25) is 0 Å². The second kappa shape index (κ2) is 8.20. The molecule has 0 atom stereocenters. The lowest BCUT2D eigenvalue weighted by atomic mass is 10.1. The molecule has 0 saturated carbocycles. The van der Waals surface area contributed by atoms with Gasteiger partial charge in [-0.2, -0.15) is 13.5 Å². The molecular weight excluding hydrogens is 380 g/mol. The second-order valence-electron chi connectivity index (χ2n) is 6.25. The molecular formula is C17H21ClN2O5S. The lowest BCUT2D eigenvalue weighted by Crippen LogP contribution is -2.29. The second-order valence-corrected chi connectivity index (χ2v) is 8.30. The van der Waals surface area contributed by atoms with Gasteiger partial charge in [-0.05, 0) is 30.2 Å². The summed E-state index contributed by atoms with van der Waals surface area (Å²) in [6.07, 6.45) is 0.936. The molecule has 0 saturated heterocycles. The van der Waals surface area contributed by atoms with Gasteiger partial charge >= 0.3 is 0 Å². The summed E-state index contributed by atoms with van der Waals surface area (Å²) in [5.41, 5.74) is 0.981. The molecule has 0 amide bonds. The van der Waals surface area contributed by atoms with Crippen molar-refractivity contribution in [3.05, 3.63) is 45.2 Å². The number of methoxy groups -OCH3 is 1. The van der Waals surface area contributed by atoms with Crippen LogP contribution in [0.5, 0.6) is 5.75 Å². The van der Waals surface area contributed by atoms with Crippen molar-refractivity contribution >= 4 is 21.7 Å². The van der Waals surface area contributed by atoms with Crippen LogP contribution in [0.25, 0.3) is 11.3 Å². The first kappa shape index (κ1) is 20.4. The summed E-state index contributed by atoms with van der Waals surface area (Å²) in [6.45, 7) is 3.95. The maximum absolute atomic E-state index is 12.6. The fourth-order valence-electron chi connectivity index (χ4n) is 2.31. The molecule has 1 heterocycles. The lowest BCUT2D eigenvalue weighted by Gasteiger charge is -2.13. The number of hydrogen-bond acceptors (Lipinski definition) is 6. The van der Waals surface area contributed by atoms with E-state index in [2.05, 4.69) is 5.10 Å². The standard InChI is InChI=1S/C17H21ClN2O5S/c1-11(2)9-20-17(21)13(10-25-26(4,22)23)8-15(19-20)12-5-6-16(24-3)14(18)7-12/h5-8,11H,9-10H2,1-4H3. The van der Waals surface area contributed by atoms with Crippen LogP contribution in [0.3, 0.4) is 0 Å². The van der Waals surface area contributed by atoms with Crippen molar-refractivity contribution in [2.75, 3.05) is 13.4 Å². The van der Waals surface area contributed by atoms with Crippen molar-refractivity contribution in [1.29, 1.82) is 0 Å². The van der Waals surface area contributed by atoms with Crippen LogP contribution in [-0.4, -0.2) is 31.6 Å². The summed E-state index contributed by atoms with van der Waals surface area (Å²) in [5.74, 6) is 0.699. The summed E-state index contributed by atoms with van der Waals surface area (Å²) in [4.78, 5) is 12.6. The first-order valence-corrected chi connectivity index (χ1v) is 10.1. The molecule has 0 fully saturated rings. The highest BCUT2D eigenvalue weighted by atomic mass is 35.5. The maximum Gasteiger partial charge on any atom is 0.272 e. The van der Waals surface area contributed by atoms with E-state index in [0.29, 0.717) is 28.6 Å². The van der Waals surface area contributed by atoms with Gasteiger partial charge in [0.05, 0.1) is 30.7 Å². The molecule has 0 radical (unpaired) electrons. The molecule has 2 rings (SSSR count). The summed E-state index contributed by atoms with van der Waals surface area (Å²) in [5, 5.41) is 4.79. The third-order valence-electron chi connectivity index (χ3n) is 3.46. The van der Waals surface area contributed by atoms with Crippen molar-refractivity contribution in [3.8, 4) is 17.0 Å². The molecule has 142 valence electrons. The van der Waals surface area contributed by atoms with Gasteiger partial charge in [0.25, 0.3) is 15.7 Å². The molecule has 0 aliphatic carbocycles. The van der Waals surface area contributed by atoms with E-state index in [0.717, 1.165) is 6.26 Å². The third kappa shape index (κ3) is 5.30. The molecule has 0 N–H and O–H groups in total. The van der Waals surface area contributed by atoms with E-state index in [1.807, 2.05) is 13.8 Å². The Morgan fingerprint density at radius 2 is 1.96 bits per heavy atom. The minimum absolute atomic E-state index is 0.179. The Hall–Kier alpha value is -1.90. The Balaban J connectivity index is 2.54. The minimum Gasteiger partial charge on any atom is -0.495 e. The van der Waals surface area contributed by atoms with E-state index in [9.17, 15) is 13.2 Å². The third-order valence-corrected chi connectivity index (χ3v) is 4.30. The summed E-state index contributed by atoms with van der Waals surface area (Å²) in [6, 6.07) is 6.65. The van der Waals surface area contributed by atoms with Crippen LogP contribution in [-0.2, 0) is 27.5 Å². The Labute approximate surface area is 157 Å². The number of nitrogens with zero attached hydrogens (tertiary/aromatic N) is 2. The van der Waals surface area contributed by atoms with Crippen molar-refractivity contribution in [2.45, 2.75) is 27.0 Å². The van der Waals surface area contributed by atoms with Gasteiger partial charge in [-0.1, -0.05) is 25.4 Å². The average molecular weight is 401 g/mol. The fraction of sp³-hybridized carbons (Fsp3) is 0.412. The predicted molar refractivity (Wildman–Crippen MR) is 100.0 cm³/mol. The molecule has 0 aliphatic rings. The molecule has 2 aromatic rings. The van der Waals surface area contributed by atoms with Gasteiger partial charge in [-0.3, -0.25) is 8.98 Å². The topological polar surface area (TPSA) is 87.5 Å². The highest BCUT2D eigenvalue weighted by Gasteiger charge is 2.14. The van der Waals surface area contributed by atoms with Gasteiger partial charge in [0.15, 0.2) is 0 Å². The van der Waals surface area contributed by atoms with Crippen molar-refractivity contribution in [2.24, 2.45) is 5.92 Å². The van der Waals surface area contributed by atoms with E-state index >= 15 is 0 Å². The van der Waals surface area contributed by atoms with Crippen LogP contribution in [0.1, 0.15) is 19.4 Å². The van der Waals surface area contributed by atoms with E-state index < -0.39 is 10.1 Å². The van der Waals surface area contributed by atoms with E-state index in [4.69, 9.17) is 20.5 Å². The Morgan fingerprint density at radius 1 is 1.27 bits per heavy atom. The largest absolute Gasteiger partial charge is 0.495 e. The van der Waals surface area contributed by atoms with Crippen LogP contribution in [0.15, 0.2) is 29.1 Å². The lowest BCUT2D eigenvalue weighted by molar-refractivity contribution is 0.307. The van der Waals surface area contributed by atoms with Gasteiger partial charge in [-0.15, -0.1) is 0 Å². The summed E-state index contributed by atoms with van der Waals surface area (Å²) < 4.78 is 33.8. The number of aromatic nitrogens is 2. The number of ether oxygens (including phenoxy) is 1. The normalized spacial score (nSPS) is 11.8. The van der Waals surface area contributed by atoms with Crippen LogP contribution in [0.4, 0.5) is 0 Å². The number of hydrogen-bond donors (Lipinski definition) is 0. The van der Waals surface area contributed by atoms with Gasteiger partial charge in [0, 0.05) is 17.7 Å². The zero-order valence-corrected chi connectivity index (χ0v) is 16.6. The average Bonchev–Trinajstić information content (AvgIpc) is 2.54. The molecule has 9 heteroatoms. The molecule has 0 unspecified atom stereocenters.